The molecular formula is C32H35F4N5O7S2. The van der Waals surface area contributed by atoms with Crippen LogP contribution in [0.25, 0.3) is 21.8 Å². The first-order valence-corrected chi connectivity index (χ1v) is 18.1. The van der Waals surface area contributed by atoms with Gasteiger partial charge in [-0.05, 0) is 49.6 Å². The Morgan fingerprint density at radius 3 is 2.42 bits per heavy atom. The maximum absolute atomic E-state index is 15.0. The van der Waals surface area contributed by atoms with Gasteiger partial charge in [0, 0.05) is 55.5 Å². The fourth-order valence-corrected chi connectivity index (χ4v) is 6.38. The number of methoxy groups -OCH3 is 1. The summed E-state index contributed by atoms with van der Waals surface area (Å²) in [5.41, 5.74) is 2.48. The topological polar surface area (TPSA) is 164 Å². The Kier molecular flexibility index (Phi) is 12.6. The van der Waals surface area contributed by atoms with Crippen LogP contribution < -0.4 is 14.8 Å². The molecule has 3 heterocycles. The highest BCUT2D eigenvalue weighted by molar-refractivity contribution is 7.90. The van der Waals surface area contributed by atoms with Crippen LogP contribution >= 0.6 is 11.3 Å². The van der Waals surface area contributed by atoms with Gasteiger partial charge in [-0.15, -0.1) is 11.3 Å². The van der Waals surface area contributed by atoms with Gasteiger partial charge in [0.25, 0.3) is 0 Å². The number of carboxylic acid groups (broad SMARTS) is 1. The van der Waals surface area contributed by atoms with Crippen molar-refractivity contribution >= 4 is 38.8 Å². The number of phenols is 1. The van der Waals surface area contributed by atoms with Gasteiger partial charge in [-0.3, -0.25) is 0 Å². The molecule has 0 saturated carbocycles. The lowest BCUT2D eigenvalue weighted by Crippen LogP contribution is -2.40. The van der Waals surface area contributed by atoms with Crippen molar-refractivity contribution in [3.63, 3.8) is 0 Å². The largest absolute Gasteiger partial charge is 0.508 e. The molecule has 270 valence electrons. The molecule has 1 saturated heterocycles. The second-order valence-electron chi connectivity index (χ2n) is 11.2. The number of anilines is 2. The van der Waals surface area contributed by atoms with Crippen LogP contribution in [-0.2, 0) is 21.1 Å². The highest BCUT2D eigenvalue weighted by Crippen LogP contribution is 2.39. The number of aliphatic carboxylic acids is 1. The molecular weight excluding hydrogens is 707 g/mol. The van der Waals surface area contributed by atoms with Crippen molar-refractivity contribution in [2.75, 3.05) is 44.1 Å². The van der Waals surface area contributed by atoms with E-state index in [-0.39, 0.29) is 29.3 Å². The first-order valence-electron chi connectivity index (χ1n) is 15.2. The van der Waals surface area contributed by atoms with Gasteiger partial charge in [-0.1, -0.05) is 6.92 Å². The van der Waals surface area contributed by atoms with Crippen molar-refractivity contribution in [2.24, 2.45) is 0 Å². The molecule has 1 aliphatic heterocycles. The molecule has 0 radical (unpaired) electrons. The summed E-state index contributed by atoms with van der Waals surface area (Å²) in [6.07, 6.45) is -0.241. The number of sulfone groups is 1. The van der Waals surface area contributed by atoms with E-state index in [1.807, 2.05) is 13.0 Å². The van der Waals surface area contributed by atoms with E-state index in [1.54, 1.807) is 30.5 Å². The van der Waals surface area contributed by atoms with Crippen molar-refractivity contribution in [3.05, 3.63) is 59.5 Å². The number of likely N-dealkylation sites (tertiary alicyclic amines) is 1. The molecule has 18 heteroatoms. The Morgan fingerprint density at radius 2 is 1.82 bits per heavy atom. The van der Waals surface area contributed by atoms with E-state index in [1.165, 1.54) is 36.8 Å². The summed E-state index contributed by atoms with van der Waals surface area (Å²) in [6.45, 7) is 3.93. The van der Waals surface area contributed by atoms with Crippen LogP contribution in [0.3, 0.4) is 0 Å². The number of nitrogens with zero attached hydrogens (tertiary/aromatic N) is 4. The van der Waals surface area contributed by atoms with E-state index < -0.39 is 27.8 Å². The van der Waals surface area contributed by atoms with E-state index in [2.05, 4.69) is 20.2 Å². The lowest BCUT2D eigenvalue weighted by atomic mass is 10.1. The van der Waals surface area contributed by atoms with Crippen LogP contribution in [-0.4, -0.2) is 95.5 Å². The molecule has 3 N–H and O–H groups in total. The number of ether oxygens (including phenoxy) is 2. The Labute approximate surface area is 289 Å². The maximum Gasteiger partial charge on any atom is 0.490 e. The van der Waals surface area contributed by atoms with Crippen molar-refractivity contribution < 1.29 is 50.5 Å². The Bertz CT molecular complexity index is 1900. The molecule has 2 aromatic carbocycles. The van der Waals surface area contributed by atoms with Gasteiger partial charge >= 0.3 is 12.1 Å². The summed E-state index contributed by atoms with van der Waals surface area (Å²) in [6, 6.07) is 11.4. The third-order valence-corrected chi connectivity index (χ3v) is 9.45. The molecule has 0 bridgehead atoms. The Hall–Kier alpha value is -4.55. The second kappa shape index (κ2) is 16.4. The number of nitrogens with one attached hydrogen (secondary N) is 1. The van der Waals surface area contributed by atoms with Crippen molar-refractivity contribution in [3.8, 4) is 39.1 Å². The number of hydrogen-bond donors (Lipinski definition) is 3. The lowest BCUT2D eigenvalue weighted by molar-refractivity contribution is -0.192. The molecule has 0 amide bonds. The van der Waals surface area contributed by atoms with Gasteiger partial charge in [0.05, 0.1) is 34.1 Å². The quantitative estimate of drug-likeness (QED) is 0.155. The number of benzene rings is 2. The molecule has 1 aliphatic rings. The van der Waals surface area contributed by atoms with Gasteiger partial charge in [-0.2, -0.15) is 13.2 Å². The summed E-state index contributed by atoms with van der Waals surface area (Å²) < 4.78 is 80.9. The lowest BCUT2D eigenvalue weighted by Gasteiger charge is -2.32. The summed E-state index contributed by atoms with van der Waals surface area (Å²) in [5, 5.41) is 21.3. The number of phenolic OH excluding ortho intramolecular Hbond substituents is 1. The second-order valence-corrected chi connectivity index (χ2v) is 14.5. The fraction of sp³-hybridized carbons (Fsp3) is 0.375. The predicted molar refractivity (Wildman–Crippen MR) is 179 cm³/mol. The minimum atomic E-state index is -5.08. The average Bonchev–Trinajstić information content (AvgIpc) is 3.50. The van der Waals surface area contributed by atoms with Crippen LogP contribution in [0, 0.1) is 5.82 Å². The highest BCUT2D eigenvalue weighted by Gasteiger charge is 2.38. The molecule has 0 atom stereocenters. The third-order valence-electron chi connectivity index (χ3n) is 7.30. The molecule has 50 heavy (non-hydrogen) atoms. The number of rotatable bonds is 11. The molecule has 12 nitrogen and oxygen atoms in total. The monoisotopic (exact) mass is 741 g/mol. The first kappa shape index (κ1) is 38.3. The molecule has 4 aromatic rings. The summed E-state index contributed by atoms with van der Waals surface area (Å²) in [4.78, 5) is 25.6. The van der Waals surface area contributed by atoms with Crippen LogP contribution in [0.2, 0.25) is 0 Å². The zero-order chi connectivity index (χ0) is 36.6. The predicted octanol–water partition coefficient (Wildman–Crippen LogP) is 5.95. The van der Waals surface area contributed by atoms with Crippen molar-refractivity contribution in [2.45, 2.75) is 38.5 Å². The number of halogens is 4. The van der Waals surface area contributed by atoms with Crippen LogP contribution in [0.15, 0.2) is 48.7 Å². The molecule has 0 spiro atoms. The minimum absolute atomic E-state index is 0.0703. The molecule has 2 aromatic heterocycles. The number of aromatic nitrogens is 3. The Balaban J connectivity index is 0.000000727. The normalized spacial score (nSPS) is 14.1. The molecule has 1 fully saturated rings. The average molecular weight is 742 g/mol. The SMILES string of the molecule is CCc1nc(-c2cc(O)cc(OC)c2)c(-c2ccnc(Nc3ccc(OC4CCN(CCS(C)(=O)=O)CC4)c(F)c3)n2)s1.O=C(O)C(F)(F)F. The van der Waals surface area contributed by atoms with E-state index in [0.29, 0.717) is 60.9 Å². The zero-order valence-corrected chi connectivity index (χ0v) is 28.8. The van der Waals surface area contributed by atoms with Gasteiger partial charge in [0.2, 0.25) is 5.95 Å². The van der Waals surface area contributed by atoms with Gasteiger partial charge in [-0.25, -0.2) is 32.6 Å². The van der Waals surface area contributed by atoms with Crippen molar-refractivity contribution in [1.29, 1.82) is 0 Å². The van der Waals surface area contributed by atoms with E-state index in [0.717, 1.165) is 16.3 Å². The van der Waals surface area contributed by atoms with Crippen LogP contribution in [0.1, 0.15) is 24.8 Å². The van der Waals surface area contributed by atoms with E-state index in [9.17, 15) is 26.7 Å². The van der Waals surface area contributed by atoms with E-state index >= 15 is 4.39 Å². The first-order chi connectivity index (χ1) is 23.5. The number of aryl methyl sites for hydroxylation is 1. The minimum Gasteiger partial charge on any atom is -0.508 e. The fourth-order valence-electron chi connectivity index (χ4n) is 4.80. The van der Waals surface area contributed by atoms with Gasteiger partial charge < -0.3 is 29.9 Å². The summed E-state index contributed by atoms with van der Waals surface area (Å²) >= 11 is 1.51. The standard InChI is InChI=1S/C30H34FN5O5S2.C2HF3O2/c1-4-27-35-28(19-15-21(37)18-23(16-19)40-2)29(42-27)25-7-10-32-30(34-25)33-20-5-6-26(24(31)17-20)41-22-8-11-36(12-9-22)13-14-43(3,38)39;3-2(4,5)1(6)7/h5-7,10,15-18,22,37H,4,8-9,11-14H2,1-3H3,(H,32,33,34);(H,6,7). The number of carboxylic acids is 1. The number of carbonyl (C=O) groups is 1. The number of piperidine rings is 1. The van der Waals surface area contributed by atoms with Crippen molar-refractivity contribution in [1.82, 2.24) is 19.9 Å². The molecule has 5 rings (SSSR count). The zero-order valence-electron chi connectivity index (χ0n) is 27.2. The number of thiazole rings is 1. The summed E-state index contributed by atoms with van der Waals surface area (Å²) in [5.74, 6) is -2.09. The summed E-state index contributed by atoms with van der Waals surface area (Å²) in [7, 11) is -1.47. The van der Waals surface area contributed by atoms with Gasteiger partial charge in [0.15, 0.2) is 11.6 Å². The molecule has 0 unspecified atom stereocenters. The van der Waals surface area contributed by atoms with Gasteiger partial charge in [0.1, 0.15) is 27.4 Å². The maximum atomic E-state index is 15.0. The molecule has 0 aliphatic carbocycles. The van der Waals surface area contributed by atoms with Crippen LogP contribution in [0.4, 0.5) is 29.2 Å². The smallest absolute Gasteiger partial charge is 0.490 e. The number of alkyl halides is 3. The third kappa shape index (κ3) is 11.0. The number of aromatic hydroxyl groups is 1. The van der Waals surface area contributed by atoms with E-state index in [4.69, 9.17) is 24.4 Å². The number of hydrogen-bond acceptors (Lipinski definition) is 12. The Morgan fingerprint density at radius 1 is 1.12 bits per heavy atom. The van der Waals surface area contributed by atoms with Crippen LogP contribution in [0.5, 0.6) is 17.2 Å². The highest BCUT2D eigenvalue weighted by atomic mass is 32.2.